The van der Waals surface area contributed by atoms with Gasteiger partial charge in [0.15, 0.2) is 5.49 Å². The number of amides is 2. The van der Waals surface area contributed by atoms with Gasteiger partial charge >= 0.3 is 0 Å². The van der Waals surface area contributed by atoms with Gasteiger partial charge in [-0.3, -0.25) is 19.4 Å². The second kappa shape index (κ2) is 8.48. The van der Waals surface area contributed by atoms with Crippen LogP contribution in [0.3, 0.4) is 0 Å². The van der Waals surface area contributed by atoms with Crippen molar-refractivity contribution in [2.45, 2.75) is 44.6 Å². The van der Waals surface area contributed by atoms with Crippen LogP contribution < -0.4 is 31.6 Å². The Labute approximate surface area is 172 Å². The Morgan fingerprint density at radius 3 is 2.70 bits per heavy atom. The number of nitrogens with zero attached hydrogens (tertiary/aromatic N) is 2. The van der Waals surface area contributed by atoms with Crippen molar-refractivity contribution in [2.75, 3.05) is 12.4 Å². The summed E-state index contributed by atoms with van der Waals surface area (Å²) in [5.74, 6) is -0.236. The topological polar surface area (TPSA) is 126 Å². The molecule has 9 heteroatoms. The first-order valence-electron chi connectivity index (χ1n) is 10.0. The minimum absolute atomic E-state index is 0.0495. The van der Waals surface area contributed by atoms with Crippen LogP contribution in [0.4, 0.5) is 11.6 Å². The molecular weight excluding hydrogens is 386 g/mol. The average molecular weight is 409 g/mol. The van der Waals surface area contributed by atoms with E-state index in [-0.39, 0.29) is 34.7 Å². The zero-order valence-electron chi connectivity index (χ0n) is 16.7. The molecule has 156 valence electrons. The smallest absolute Gasteiger partial charge is 0.262 e. The summed E-state index contributed by atoms with van der Waals surface area (Å²) in [6.07, 6.45) is 4.88. The molecule has 1 saturated carbocycles. The van der Waals surface area contributed by atoms with Crippen molar-refractivity contribution < 1.29 is 14.3 Å². The number of carbonyl (C=O) groups excluding carboxylic acids is 2. The van der Waals surface area contributed by atoms with E-state index in [1.165, 1.54) is 7.11 Å². The van der Waals surface area contributed by atoms with Crippen LogP contribution in [-0.4, -0.2) is 34.9 Å². The van der Waals surface area contributed by atoms with Gasteiger partial charge in [-0.15, -0.1) is 0 Å². The molecule has 1 aliphatic heterocycles. The van der Waals surface area contributed by atoms with E-state index < -0.39 is 17.4 Å². The van der Waals surface area contributed by atoms with Crippen LogP contribution in [0.25, 0.3) is 5.57 Å². The highest BCUT2D eigenvalue weighted by Crippen LogP contribution is 2.24. The summed E-state index contributed by atoms with van der Waals surface area (Å²) in [7, 11) is 1.53. The summed E-state index contributed by atoms with van der Waals surface area (Å²) in [5.41, 5.74) is 0.126. The Morgan fingerprint density at radius 2 is 1.93 bits per heavy atom. The number of hydrogen-bond donors (Lipinski definition) is 3. The van der Waals surface area contributed by atoms with E-state index in [4.69, 9.17) is 4.74 Å². The molecule has 0 spiro atoms. The lowest BCUT2D eigenvalue weighted by molar-refractivity contribution is -0.120. The van der Waals surface area contributed by atoms with Crippen molar-refractivity contribution in [3.63, 3.8) is 0 Å². The summed E-state index contributed by atoms with van der Waals surface area (Å²) in [6, 6.07) is 7.20. The Bertz CT molecular complexity index is 1160. The molecule has 2 heterocycles. The minimum atomic E-state index is -0.526. The zero-order valence-corrected chi connectivity index (χ0v) is 16.7. The van der Waals surface area contributed by atoms with Crippen LogP contribution in [-0.2, 0) is 9.59 Å². The van der Waals surface area contributed by atoms with Crippen molar-refractivity contribution >= 4 is 29.0 Å². The third kappa shape index (κ3) is 4.10. The monoisotopic (exact) mass is 409 g/mol. The molecule has 4 rings (SSSR count). The number of hydrogen-bond acceptors (Lipinski definition) is 6. The van der Waals surface area contributed by atoms with Gasteiger partial charge in [-0.1, -0.05) is 31.4 Å². The molecule has 3 N–H and O–H groups in total. The van der Waals surface area contributed by atoms with E-state index in [9.17, 15) is 14.4 Å². The zero-order chi connectivity index (χ0) is 21.1. The Balaban J connectivity index is 1.71. The molecule has 2 aromatic rings. The number of carbonyl (C=O) groups is 2. The molecule has 1 aliphatic carbocycles. The molecule has 0 unspecified atom stereocenters. The second-order valence-corrected chi connectivity index (χ2v) is 7.41. The fraction of sp³-hybridized carbons (Fsp3) is 0.381. The van der Waals surface area contributed by atoms with E-state index in [0.29, 0.717) is 11.4 Å². The largest absolute Gasteiger partial charge is 0.495 e. The number of nitrogens with one attached hydrogen (secondary N) is 3. The molecule has 1 aromatic carbocycles. The van der Waals surface area contributed by atoms with Crippen LogP contribution in [0.15, 0.2) is 34.1 Å². The van der Waals surface area contributed by atoms with Crippen molar-refractivity contribution in [3.8, 4) is 5.75 Å². The van der Waals surface area contributed by atoms with Crippen molar-refractivity contribution in [3.05, 3.63) is 45.3 Å². The fourth-order valence-corrected chi connectivity index (χ4v) is 3.86. The van der Waals surface area contributed by atoms with Gasteiger partial charge in [0, 0.05) is 11.6 Å². The molecule has 0 atom stereocenters. The highest BCUT2D eigenvalue weighted by molar-refractivity contribution is 6.17. The van der Waals surface area contributed by atoms with E-state index in [1.807, 2.05) is 6.07 Å². The van der Waals surface area contributed by atoms with E-state index in [0.717, 1.165) is 32.1 Å². The lowest BCUT2D eigenvalue weighted by Gasteiger charge is -2.23. The second-order valence-electron chi connectivity index (χ2n) is 7.41. The van der Waals surface area contributed by atoms with Gasteiger partial charge in [0.25, 0.3) is 11.5 Å². The molecular formula is C21H23N5O4. The maximum atomic E-state index is 12.8. The van der Waals surface area contributed by atoms with E-state index in [1.54, 1.807) is 18.2 Å². The number of aromatic amines is 1. The molecule has 30 heavy (non-hydrogen) atoms. The summed E-state index contributed by atoms with van der Waals surface area (Å²) in [4.78, 5) is 48.6. The van der Waals surface area contributed by atoms with Crippen LogP contribution in [0, 0.1) is 0 Å². The standard InChI is InChI=1S/C21H23N5O4/c1-30-15-10-6-5-9-14(15)23-21-25-18-17(20(29)26-21)13(11-16(27)24-18)19(28)22-12-7-3-2-4-8-12/h5-6,9-10,12H,2-4,7-8,11H2,1H3,(H,22,28)(H2,23,24,25,26,27,29). The summed E-state index contributed by atoms with van der Waals surface area (Å²) >= 11 is 0. The van der Waals surface area contributed by atoms with Gasteiger partial charge in [0.1, 0.15) is 5.75 Å². The first kappa shape index (κ1) is 19.8. The fourth-order valence-electron chi connectivity index (χ4n) is 3.86. The molecule has 1 aromatic heterocycles. The minimum Gasteiger partial charge on any atom is -0.495 e. The number of H-pyrrole nitrogens is 1. The summed E-state index contributed by atoms with van der Waals surface area (Å²) in [6.45, 7) is 0. The molecule has 0 radical (unpaired) electrons. The normalized spacial score (nSPS) is 16.4. The van der Waals surface area contributed by atoms with Crippen LogP contribution in [0.5, 0.6) is 5.75 Å². The van der Waals surface area contributed by atoms with Crippen LogP contribution in [0.1, 0.15) is 38.5 Å². The predicted octanol–water partition coefficient (Wildman–Crippen LogP) is 0.672. The summed E-state index contributed by atoms with van der Waals surface area (Å²) < 4.78 is 5.28. The molecule has 1 fully saturated rings. The van der Waals surface area contributed by atoms with E-state index in [2.05, 4.69) is 25.6 Å². The number of ether oxygens (including phenoxy) is 1. The Hall–Kier alpha value is -3.49. The number of methoxy groups -OCH3 is 1. The van der Waals surface area contributed by atoms with Gasteiger partial charge in [0.2, 0.25) is 11.9 Å². The highest BCUT2D eigenvalue weighted by Gasteiger charge is 2.24. The number of fused-ring (bicyclic) bond motifs is 1. The van der Waals surface area contributed by atoms with Crippen molar-refractivity contribution in [2.24, 2.45) is 4.99 Å². The molecule has 0 bridgehead atoms. The highest BCUT2D eigenvalue weighted by atomic mass is 16.5. The number of para-hydroxylation sites is 2. The predicted molar refractivity (Wildman–Crippen MR) is 110 cm³/mol. The third-order valence-electron chi connectivity index (χ3n) is 5.34. The molecule has 2 aliphatic rings. The maximum Gasteiger partial charge on any atom is 0.262 e. The Morgan fingerprint density at radius 1 is 1.17 bits per heavy atom. The molecule has 2 amide bonds. The van der Waals surface area contributed by atoms with Crippen LogP contribution >= 0.6 is 0 Å². The van der Waals surface area contributed by atoms with Crippen molar-refractivity contribution in [1.82, 2.24) is 15.3 Å². The average Bonchev–Trinajstić information content (AvgIpc) is 2.74. The number of aromatic nitrogens is 2. The van der Waals surface area contributed by atoms with Crippen molar-refractivity contribution in [1.29, 1.82) is 0 Å². The maximum absolute atomic E-state index is 12.8. The molecule has 0 saturated heterocycles. The quantitative estimate of drug-likeness (QED) is 0.667. The number of anilines is 2. The van der Waals surface area contributed by atoms with Gasteiger partial charge in [-0.2, -0.15) is 9.98 Å². The lowest BCUT2D eigenvalue weighted by atomic mass is 9.95. The SMILES string of the molecule is COc1ccccc1Nc1nc2c(c(=O)[nH]1)=C(C(=O)NC1CCCCC1)CC(=O)N=2. The van der Waals surface area contributed by atoms with E-state index >= 15 is 0 Å². The van der Waals surface area contributed by atoms with Gasteiger partial charge in [0.05, 0.1) is 24.4 Å². The van der Waals surface area contributed by atoms with Gasteiger partial charge in [-0.05, 0) is 25.0 Å². The first-order valence-corrected chi connectivity index (χ1v) is 10.0. The third-order valence-corrected chi connectivity index (χ3v) is 5.34. The number of rotatable bonds is 5. The first-order chi connectivity index (χ1) is 14.5. The Kier molecular flexibility index (Phi) is 5.60. The van der Waals surface area contributed by atoms with Crippen LogP contribution in [0.2, 0.25) is 0 Å². The number of benzene rings is 1. The van der Waals surface area contributed by atoms with Gasteiger partial charge < -0.3 is 15.4 Å². The van der Waals surface area contributed by atoms with Gasteiger partial charge in [-0.25, -0.2) is 0 Å². The summed E-state index contributed by atoms with van der Waals surface area (Å²) in [5, 5.41) is 5.98. The lowest BCUT2D eigenvalue weighted by Crippen LogP contribution is -2.51. The molecule has 9 nitrogen and oxygen atoms in total.